The van der Waals surface area contributed by atoms with Gasteiger partial charge in [0.1, 0.15) is 11.8 Å². The van der Waals surface area contributed by atoms with Crippen molar-refractivity contribution in [1.29, 1.82) is 0 Å². The first-order chi connectivity index (χ1) is 12.0. The minimum atomic E-state index is -0.968. The van der Waals surface area contributed by atoms with Gasteiger partial charge in [-0.2, -0.15) is 0 Å². The summed E-state index contributed by atoms with van der Waals surface area (Å²) in [5.41, 5.74) is 7.67. The van der Waals surface area contributed by atoms with E-state index >= 15 is 0 Å². The van der Waals surface area contributed by atoms with E-state index in [1.54, 1.807) is 23.4 Å². The van der Waals surface area contributed by atoms with Gasteiger partial charge in [0, 0.05) is 49.4 Å². The molecule has 2 amide bonds. The SMILES string of the molecule is CC(O)C(=O)N1CCN(c2cnc3[nH]cc(C=CC(N)=O)c3c2)CC1. The number of primary amides is 1. The Balaban J connectivity index is 1.77. The number of anilines is 1. The lowest BCUT2D eigenvalue weighted by Crippen LogP contribution is -2.51. The molecule has 1 saturated heterocycles. The standard InChI is InChI=1S/C17H21N5O3/c1-11(23)17(25)22-6-4-21(5-7-22)13-8-14-12(2-3-15(18)24)9-19-16(14)20-10-13/h2-3,8-11,23H,4-7H2,1H3,(H2,18,24)(H,19,20). The van der Waals surface area contributed by atoms with Crippen LogP contribution in [0.4, 0.5) is 5.69 Å². The maximum Gasteiger partial charge on any atom is 0.251 e. The van der Waals surface area contributed by atoms with Crippen LogP contribution in [0.25, 0.3) is 17.1 Å². The number of carbonyl (C=O) groups is 2. The maximum absolute atomic E-state index is 11.8. The number of piperazine rings is 1. The van der Waals surface area contributed by atoms with Crippen LogP contribution in [-0.2, 0) is 9.59 Å². The van der Waals surface area contributed by atoms with Crippen molar-refractivity contribution in [3.63, 3.8) is 0 Å². The molecule has 3 heterocycles. The fraction of sp³-hybridized carbons (Fsp3) is 0.353. The molecule has 132 valence electrons. The van der Waals surface area contributed by atoms with E-state index in [9.17, 15) is 14.7 Å². The summed E-state index contributed by atoms with van der Waals surface area (Å²) in [5.74, 6) is -0.741. The van der Waals surface area contributed by atoms with Crippen LogP contribution in [0.5, 0.6) is 0 Å². The van der Waals surface area contributed by atoms with Crippen LogP contribution in [0.3, 0.4) is 0 Å². The summed E-state index contributed by atoms with van der Waals surface area (Å²) in [4.78, 5) is 34.1. The number of nitrogens with zero attached hydrogens (tertiary/aromatic N) is 3. The highest BCUT2D eigenvalue weighted by Crippen LogP contribution is 2.24. The number of aliphatic hydroxyl groups excluding tert-OH is 1. The largest absolute Gasteiger partial charge is 0.384 e. The average Bonchev–Trinajstić information content (AvgIpc) is 3.01. The Kier molecular flexibility index (Phi) is 4.71. The molecular weight excluding hydrogens is 322 g/mol. The van der Waals surface area contributed by atoms with Gasteiger partial charge in [-0.3, -0.25) is 9.59 Å². The number of aliphatic hydroxyl groups is 1. The summed E-state index contributed by atoms with van der Waals surface area (Å²) in [6.07, 6.45) is 5.57. The summed E-state index contributed by atoms with van der Waals surface area (Å²) in [6.45, 7) is 3.94. The molecule has 3 rings (SSSR count). The fourth-order valence-electron chi connectivity index (χ4n) is 2.94. The Morgan fingerprint density at radius 3 is 2.72 bits per heavy atom. The van der Waals surface area contributed by atoms with Gasteiger partial charge >= 0.3 is 0 Å². The van der Waals surface area contributed by atoms with Crippen molar-refractivity contribution in [2.45, 2.75) is 13.0 Å². The van der Waals surface area contributed by atoms with E-state index in [1.165, 1.54) is 13.0 Å². The van der Waals surface area contributed by atoms with Crippen LogP contribution in [-0.4, -0.2) is 64.1 Å². The summed E-state index contributed by atoms with van der Waals surface area (Å²) in [6, 6.07) is 2.01. The second-order valence-electron chi connectivity index (χ2n) is 6.06. The number of nitrogens with one attached hydrogen (secondary N) is 1. The number of amides is 2. The van der Waals surface area contributed by atoms with Gasteiger partial charge in [0.15, 0.2) is 0 Å². The smallest absolute Gasteiger partial charge is 0.251 e. The monoisotopic (exact) mass is 343 g/mol. The Morgan fingerprint density at radius 1 is 1.36 bits per heavy atom. The topological polar surface area (TPSA) is 116 Å². The number of nitrogens with two attached hydrogens (primary N) is 1. The van der Waals surface area contributed by atoms with Crippen LogP contribution in [0, 0.1) is 0 Å². The molecule has 0 aliphatic carbocycles. The molecule has 2 aromatic rings. The Morgan fingerprint density at radius 2 is 2.08 bits per heavy atom. The number of hydrogen-bond acceptors (Lipinski definition) is 5. The van der Waals surface area contributed by atoms with Crippen LogP contribution in [0.2, 0.25) is 0 Å². The van der Waals surface area contributed by atoms with Crippen molar-refractivity contribution in [3.8, 4) is 0 Å². The lowest BCUT2D eigenvalue weighted by atomic mass is 10.1. The predicted octanol–water partition coefficient (Wildman–Crippen LogP) is 0.0908. The zero-order chi connectivity index (χ0) is 18.0. The highest BCUT2D eigenvalue weighted by Gasteiger charge is 2.24. The lowest BCUT2D eigenvalue weighted by Gasteiger charge is -2.36. The third-order valence-electron chi connectivity index (χ3n) is 4.29. The molecule has 0 aromatic carbocycles. The molecule has 0 spiro atoms. The number of fused-ring (bicyclic) bond motifs is 1. The molecule has 1 atom stereocenters. The molecule has 1 aliphatic rings. The Labute approximate surface area is 144 Å². The minimum Gasteiger partial charge on any atom is -0.384 e. The van der Waals surface area contributed by atoms with Gasteiger partial charge in [-0.1, -0.05) is 0 Å². The van der Waals surface area contributed by atoms with Gasteiger partial charge in [0.25, 0.3) is 5.91 Å². The molecule has 4 N–H and O–H groups in total. The van der Waals surface area contributed by atoms with E-state index in [-0.39, 0.29) is 5.91 Å². The van der Waals surface area contributed by atoms with Gasteiger partial charge in [0.05, 0.1) is 11.9 Å². The van der Waals surface area contributed by atoms with Crippen molar-refractivity contribution in [2.75, 3.05) is 31.1 Å². The zero-order valence-electron chi connectivity index (χ0n) is 14.0. The van der Waals surface area contributed by atoms with E-state index in [0.717, 1.165) is 22.3 Å². The van der Waals surface area contributed by atoms with Crippen molar-refractivity contribution in [3.05, 3.63) is 30.1 Å². The molecular formula is C17H21N5O3. The Bertz CT molecular complexity index is 819. The second kappa shape index (κ2) is 6.94. The summed E-state index contributed by atoms with van der Waals surface area (Å²) < 4.78 is 0. The van der Waals surface area contributed by atoms with Crippen LogP contribution in [0.15, 0.2) is 24.5 Å². The number of carbonyl (C=O) groups excluding carboxylic acids is 2. The third kappa shape index (κ3) is 3.63. The first kappa shape index (κ1) is 17.0. The van der Waals surface area contributed by atoms with Crippen LogP contribution < -0.4 is 10.6 Å². The Hall–Kier alpha value is -2.87. The molecule has 0 radical (unpaired) electrons. The van der Waals surface area contributed by atoms with Crippen molar-refractivity contribution in [2.24, 2.45) is 5.73 Å². The average molecular weight is 343 g/mol. The summed E-state index contributed by atoms with van der Waals surface area (Å²) in [5, 5.41) is 10.3. The molecule has 2 aromatic heterocycles. The number of H-pyrrole nitrogens is 1. The molecule has 0 bridgehead atoms. The van der Waals surface area contributed by atoms with E-state index in [0.29, 0.717) is 26.2 Å². The van der Waals surface area contributed by atoms with E-state index in [1.807, 2.05) is 6.07 Å². The highest BCUT2D eigenvalue weighted by molar-refractivity contribution is 5.95. The van der Waals surface area contributed by atoms with Gasteiger partial charge in [0.2, 0.25) is 5.91 Å². The molecule has 1 fully saturated rings. The predicted molar refractivity (Wildman–Crippen MR) is 94.8 cm³/mol. The minimum absolute atomic E-state index is 0.238. The number of aromatic amines is 1. The third-order valence-corrected chi connectivity index (χ3v) is 4.29. The molecule has 25 heavy (non-hydrogen) atoms. The quantitative estimate of drug-likeness (QED) is 0.681. The molecule has 1 aliphatic heterocycles. The lowest BCUT2D eigenvalue weighted by molar-refractivity contribution is -0.139. The number of hydrogen-bond donors (Lipinski definition) is 3. The van der Waals surface area contributed by atoms with E-state index < -0.39 is 12.0 Å². The second-order valence-corrected chi connectivity index (χ2v) is 6.06. The van der Waals surface area contributed by atoms with Gasteiger partial charge < -0.3 is 25.6 Å². The number of rotatable bonds is 4. The van der Waals surface area contributed by atoms with Crippen molar-refractivity contribution in [1.82, 2.24) is 14.9 Å². The highest BCUT2D eigenvalue weighted by atomic mass is 16.3. The van der Waals surface area contributed by atoms with E-state index in [2.05, 4.69) is 14.9 Å². The first-order valence-electron chi connectivity index (χ1n) is 8.12. The van der Waals surface area contributed by atoms with E-state index in [4.69, 9.17) is 5.73 Å². The normalized spacial score (nSPS) is 16.6. The van der Waals surface area contributed by atoms with Gasteiger partial charge in [-0.15, -0.1) is 0 Å². The zero-order valence-corrected chi connectivity index (χ0v) is 14.0. The van der Waals surface area contributed by atoms with Crippen molar-refractivity contribution < 1.29 is 14.7 Å². The summed E-state index contributed by atoms with van der Waals surface area (Å²) in [7, 11) is 0. The molecule has 0 saturated carbocycles. The fourth-order valence-corrected chi connectivity index (χ4v) is 2.94. The van der Waals surface area contributed by atoms with Crippen LogP contribution >= 0.6 is 0 Å². The summed E-state index contributed by atoms with van der Waals surface area (Å²) >= 11 is 0. The maximum atomic E-state index is 11.8. The molecule has 8 nitrogen and oxygen atoms in total. The number of aromatic nitrogens is 2. The van der Waals surface area contributed by atoms with Gasteiger partial charge in [-0.25, -0.2) is 4.98 Å². The number of pyridine rings is 1. The van der Waals surface area contributed by atoms with Crippen LogP contribution in [0.1, 0.15) is 12.5 Å². The van der Waals surface area contributed by atoms with Crippen molar-refractivity contribution >= 4 is 34.6 Å². The van der Waals surface area contributed by atoms with Gasteiger partial charge in [-0.05, 0) is 19.1 Å². The molecule has 8 heteroatoms. The first-order valence-corrected chi connectivity index (χ1v) is 8.12. The molecule has 1 unspecified atom stereocenters.